The van der Waals surface area contributed by atoms with E-state index < -0.39 is 17.6 Å². The number of hydrogen-bond acceptors (Lipinski definition) is 5. The van der Waals surface area contributed by atoms with Crippen molar-refractivity contribution in [2.24, 2.45) is 5.92 Å². The molecule has 10 heteroatoms. The highest BCUT2D eigenvalue weighted by atomic mass is 19.4. The molecule has 0 aliphatic heterocycles. The fourth-order valence-electron chi connectivity index (χ4n) is 3.81. The van der Waals surface area contributed by atoms with Crippen molar-refractivity contribution in [1.82, 2.24) is 19.6 Å². The van der Waals surface area contributed by atoms with Crippen molar-refractivity contribution in [2.45, 2.75) is 32.0 Å². The van der Waals surface area contributed by atoms with Gasteiger partial charge in [0.2, 0.25) is 5.88 Å². The van der Waals surface area contributed by atoms with Crippen LogP contribution in [-0.4, -0.2) is 26.7 Å². The topological polar surface area (TPSA) is 61.5 Å². The molecule has 0 N–H and O–H groups in total. The highest BCUT2D eigenvalue weighted by Crippen LogP contribution is 2.41. The van der Waals surface area contributed by atoms with Crippen LogP contribution in [0.1, 0.15) is 29.8 Å². The summed E-state index contributed by atoms with van der Waals surface area (Å²) in [6, 6.07) is 8.44. The van der Waals surface area contributed by atoms with Crippen LogP contribution in [0.5, 0.6) is 11.6 Å². The van der Waals surface area contributed by atoms with Crippen molar-refractivity contribution in [2.75, 3.05) is 7.11 Å². The van der Waals surface area contributed by atoms with Gasteiger partial charge in [-0.15, -0.1) is 10.2 Å². The van der Waals surface area contributed by atoms with Gasteiger partial charge in [-0.2, -0.15) is 13.2 Å². The third kappa shape index (κ3) is 4.40. The van der Waals surface area contributed by atoms with Crippen molar-refractivity contribution in [3.05, 3.63) is 71.6 Å². The van der Waals surface area contributed by atoms with Crippen molar-refractivity contribution in [3.8, 4) is 22.8 Å². The summed E-state index contributed by atoms with van der Waals surface area (Å²) in [4.78, 5) is 4.05. The molecular formula is C24H20F4N4O2. The average molecular weight is 472 g/mol. The minimum absolute atomic E-state index is 0.0382. The molecule has 176 valence electrons. The predicted octanol–water partition coefficient (Wildman–Crippen LogP) is 5.49. The summed E-state index contributed by atoms with van der Waals surface area (Å²) in [5.41, 5.74) is -0.647. The minimum Gasteiger partial charge on any atom is -0.486 e. The predicted molar refractivity (Wildman–Crippen MR) is 115 cm³/mol. The first kappa shape index (κ1) is 22.1. The lowest BCUT2D eigenvalue weighted by Gasteiger charge is -2.15. The third-order valence-electron chi connectivity index (χ3n) is 5.75. The highest BCUT2D eigenvalue weighted by molar-refractivity contribution is 5.74. The highest BCUT2D eigenvalue weighted by Gasteiger charge is 2.38. The Kier molecular flexibility index (Phi) is 5.59. The van der Waals surface area contributed by atoms with Crippen molar-refractivity contribution >= 4 is 5.65 Å². The molecule has 3 aromatic heterocycles. The average Bonchev–Trinajstić information content (AvgIpc) is 3.55. The number of benzene rings is 1. The number of hydrogen-bond donors (Lipinski definition) is 0. The van der Waals surface area contributed by atoms with Crippen LogP contribution in [0.4, 0.5) is 17.6 Å². The second-order valence-corrected chi connectivity index (χ2v) is 8.20. The maximum Gasteiger partial charge on any atom is 0.420 e. The molecule has 0 unspecified atom stereocenters. The zero-order chi connectivity index (χ0) is 23.9. The van der Waals surface area contributed by atoms with Gasteiger partial charge < -0.3 is 9.47 Å². The monoisotopic (exact) mass is 472 g/mol. The number of halogens is 4. The maximum atomic E-state index is 14.8. The van der Waals surface area contributed by atoms with E-state index in [1.165, 1.54) is 42.1 Å². The fourth-order valence-corrected chi connectivity index (χ4v) is 3.81. The Labute approximate surface area is 192 Å². The molecule has 0 saturated heterocycles. The largest absolute Gasteiger partial charge is 0.486 e. The van der Waals surface area contributed by atoms with E-state index in [-0.39, 0.29) is 29.1 Å². The van der Waals surface area contributed by atoms with Gasteiger partial charge in [0.15, 0.2) is 17.2 Å². The molecule has 6 nitrogen and oxygen atoms in total. The van der Waals surface area contributed by atoms with Gasteiger partial charge in [-0.3, -0.25) is 4.40 Å². The Morgan fingerprint density at radius 1 is 1.09 bits per heavy atom. The summed E-state index contributed by atoms with van der Waals surface area (Å²) in [6.07, 6.45) is 1.02. The zero-order valence-corrected chi connectivity index (χ0v) is 18.1. The number of fused-ring (bicyclic) bond motifs is 1. The number of ether oxygens (including phenoxy) is 2. The van der Waals surface area contributed by atoms with E-state index in [4.69, 9.17) is 9.47 Å². The summed E-state index contributed by atoms with van der Waals surface area (Å²) in [5, 5.41) is 7.81. The molecule has 1 saturated carbocycles. The first-order valence-corrected chi connectivity index (χ1v) is 10.7. The molecule has 1 aliphatic carbocycles. The van der Waals surface area contributed by atoms with Gasteiger partial charge in [0.05, 0.1) is 7.11 Å². The fraction of sp³-hybridized carbons (Fsp3) is 0.292. The van der Waals surface area contributed by atoms with Crippen LogP contribution in [0, 0.1) is 11.7 Å². The van der Waals surface area contributed by atoms with Crippen LogP contribution in [0.2, 0.25) is 0 Å². The van der Waals surface area contributed by atoms with E-state index in [0.29, 0.717) is 29.6 Å². The number of pyridine rings is 2. The minimum atomic E-state index is -4.70. The van der Waals surface area contributed by atoms with Crippen LogP contribution in [0.3, 0.4) is 0 Å². The lowest BCUT2D eigenvalue weighted by molar-refractivity contribution is -0.136. The van der Waals surface area contributed by atoms with Gasteiger partial charge in [0, 0.05) is 30.4 Å². The summed E-state index contributed by atoms with van der Waals surface area (Å²) in [7, 11) is 1.49. The SMILES string of the molecule is COc1ccc(COc2ccc(-c3ccn4c(CC5CC5)nnc4c3C(F)(F)F)cc2F)cn1. The van der Waals surface area contributed by atoms with Gasteiger partial charge in [-0.25, -0.2) is 9.37 Å². The molecule has 0 spiro atoms. The van der Waals surface area contributed by atoms with Gasteiger partial charge in [-0.1, -0.05) is 6.07 Å². The van der Waals surface area contributed by atoms with Gasteiger partial charge >= 0.3 is 6.18 Å². The number of alkyl halides is 3. The van der Waals surface area contributed by atoms with Crippen molar-refractivity contribution in [1.29, 1.82) is 0 Å². The van der Waals surface area contributed by atoms with E-state index in [0.717, 1.165) is 18.9 Å². The molecule has 1 aromatic carbocycles. The smallest absolute Gasteiger partial charge is 0.420 e. The number of aromatic nitrogens is 4. The van der Waals surface area contributed by atoms with Crippen molar-refractivity contribution < 1.29 is 27.0 Å². The van der Waals surface area contributed by atoms with E-state index >= 15 is 0 Å². The standard InChI is InChI=1S/C24H20F4N4O2/c1-33-21-7-4-15(12-29-21)13-34-19-6-5-16(11-18(19)25)17-8-9-32-20(10-14-2-3-14)30-31-23(32)22(17)24(26,27)28/h4-9,11-12,14H,2-3,10,13H2,1H3. The summed E-state index contributed by atoms with van der Waals surface area (Å²) >= 11 is 0. The lowest BCUT2D eigenvalue weighted by Crippen LogP contribution is -2.11. The molecule has 3 heterocycles. The Morgan fingerprint density at radius 2 is 1.91 bits per heavy atom. The van der Waals surface area contributed by atoms with Crippen LogP contribution in [-0.2, 0) is 19.2 Å². The lowest BCUT2D eigenvalue weighted by atomic mass is 10.0. The van der Waals surface area contributed by atoms with Crippen LogP contribution in [0.25, 0.3) is 16.8 Å². The number of methoxy groups -OCH3 is 1. The molecule has 4 aromatic rings. The van der Waals surface area contributed by atoms with Crippen LogP contribution >= 0.6 is 0 Å². The Morgan fingerprint density at radius 3 is 2.56 bits per heavy atom. The van der Waals surface area contributed by atoms with E-state index in [2.05, 4.69) is 15.2 Å². The quantitative estimate of drug-likeness (QED) is 0.333. The second kappa shape index (κ2) is 8.58. The van der Waals surface area contributed by atoms with Crippen molar-refractivity contribution in [3.63, 3.8) is 0 Å². The molecule has 0 atom stereocenters. The third-order valence-corrected chi connectivity index (χ3v) is 5.75. The van der Waals surface area contributed by atoms with Crippen LogP contribution in [0.15, 0.2) is 48.8 Å². The molecule has 0 amide bonds. The second-order valence-electron chi connectivity index (χ2n) is 8.20. The van der Waals surface area contributed by atoms with Crippen LogP contribution < -0.4 is 9.47 Å². The molecule has 5 rings (SSSR count). The first-order chi connectivity index (χ1) is 16.3. The number of rotatable bonds is 7. The van der Waals surface area contributed by atoms with E-state index in [1.54, 1.807) is 12.1 Å². The molecule has 34 heavy (non-hydrogen) atoms. The Hall–Kier alpha value is -3.69. The summed E-state index contributed by atoms with van der Waals surface area (Å²) in [5.74, 6) is 0.518. The molecular weight excluding hydrogens is 452 g/mol. The normalized spacial score (nSPS) is 13.9. The molecule has 0 radical (unpaired) electrons. The molecule has 1 aliphatic rings. The number of nitrogens with zero attached hydrogens (tertiary/aromatic N) is 4. The zero-order valence-electron chi connectivity index (χ0n) is 18.1. The summed E-state index contributed by atoms with van der Waals surface area (Å²) < 4.78 is 68.9. The Balaban J connectivity index is 1.45. The maximum absolute atomic E-state index is 14.8. The molecule has 1 fully saturated rings. The van der Waals surface area contributed by atoms with E-state index in [1.807, 2.05) is 0 Å². The first-order valence-electron chi connectivity index (χ1n) is 10.7. The van der Waals surface area contributed by atoms with Gasteiger partial charge in [-0.05, 0) is 54.2 Å². The molecule has 0 bridgehead atoms. The Bertz CT molecular complexity index is 1330. The van der Waals surface area contributed by atoms with Gasteiger partial charge in [0.1, 0.15) is 18.0 Å². The van der Waals surface area contributed by atoms with E-state index in [9.17, 15) is 17.6 Å². The van der Waals surface area contributed by atoms with Gasteiger partial charge in [0.25, 0.3) is 0 Å². The summed E-state index contributed by atoms with van der Waals surface area (Å²) in [6.45, 7) is 0.0382.